The van der Waals surface area contributed by atoms with Crippen molar-refractivity contribution in [3.8, 4) is 0 Å². The number of thioether (sulfide) groups is 1. The minimum atomic E-state index is -3.34. The van der Waals surface area contributed by atoms with E-state index in [0.717, 1.165) is 81.6 Å². The number of likely N-dealkylation sites (tertiary alicyclic amines) is 2. The number of rotatable bonds is 16. The molecule has 8 rings (SSSR count). The van der Waals surface area contributed by atoms with E-state index >= 15 is 0 Å². The molecule has 0 bridgehead atoms. The summed E-state index contributed by atoms with van der Waals surface area (Å²) in [5, 5.41) is 18.6. The molecule has 2 aliphatic carbocycles. The SMILES string of the molecule is CN(CC(=O)NC1CCN(CCOC2CCC3C(=O)N(C4CCC(=O)NC4=O)C(=O)C3C2)CC1)C1CC(C2CCCC(C3CSC(NC(=O)CNC(=O)C4CCN(S(C)(=O)=O)C4)N3)C2)CCN1. The van der Waals surface area contributed by atoms with Gasteiger partial charge >= 0.3 is 0 Å². The molecular weight excluding hydrogens is 905 g/mol. The molecule has 20 nitrogen and oxygen atoms in total. The number of carbonyl (C=O) groups excluding carboxylic acids is 7. The fourth-order valence-electron chi connectivity index (χ4n) is 12.2. The third-order valence-electron chi connectivity index (χ3n) is 16.0. The molecule has 374 valence electrons. The van der Waals surface area contributed by atoms with E-state index in [4.69, 9.17) is 4.74 Å². The fraction of sp³-hybridized carbons (Fsp3) is 0.844. The molecule has 8 aliphatic rings. The maximum absolute atomic E-state index is 13.3. The molecular formula is C45H72N10O10S2. The zero-order valence-corrected chi connectivity index (χ0v) is 40.7. The first-order valence-corrected chi connectivity index (χ1v) is 27.7. The Bertz CT molecular complexity index is 1970. The number of imide groups is 2. The van der Waals surface area contributed by atoms with Crippen molar-refractivity contribution in [2.75, 3.05) is 78.0 Å². The number of sulfonamides is 1. The highest BCUT2D eigenvalue weighted by molar-refractivity contribution is 8.00. The van der Waals surface area contributed by atoms with Crippen LogP contribution in [0.5, 0.6) is 0 Å². The Kier molecular flexibility index (Phi) is 16.6. The summed E-state index contributed by atoms with van der Waals surface area (Å²) in [6.07, 6.45) is 12.1. The summed E-state index contributed by atoms with van der Waals surface area (Å²) in [6, 6.07) is -0.500. The lowest BCUT2D eigenvalue weighted by Crippen LogP contribution is -2.54. The van der Waals surface area contributed by atoms with Crippen molar-refractivity contribution in [2.45, 2.75) is 126 Å². The second kappa shape index (κ2) is 22.2. The van der Waals surface area contributed by atoms with Crippen LogP contribution in [-0.4, -0.2) is 183 Å². The van der Waals surface area contributed by atoms with Gasteiger partial charge in [-0.2, -0.15) is 0 Å². The zero-order valence-electron chi connectivity index (χ0n) is 39.1. The van der Waals surface area contributed by atoms with E-state index in [-0.39, 0.29) is 85.2 Å². The van der Waals surface area contributed by atoms with E-state index in [2.05, 4.69) is 41.7 Å². The van der Waals surface area contributed by atoms with Gasteiger partial charge in [0.1, 0.15) is 11.5 Å². The second-order valence-electron chi connectivity index (χ2n) is 20.5. The number of piperidine rings is 3. The molecule has 6 heterocycles. The average Bonchev–Trinajstić information content (AvgIpc) is 4.06. The van der Waals surface area contributed by atoms with E-state index in [1.54, 1.807) is 11.8 Å². The average molecular weight is 977 g/mol. The molecule has 6 saturated heterocycles. The number of ether oxygens (including phenoxy) is 1. The van der Waals surface area contributed by atoms with Gasteiger partial charge in [0, 0.05) is 57.0 Å². The quantitative estimate of drug-likeness (QED) is 0.103. The lowest BCUT2D eigenvalue weighted by molar-refractivity contribution is -0.151. The first-order chi connectivity index (χ1) is 32.1. The third kappa shape index (κ3) is 12.6. The largest absolute Gasteiger partial charge is 0.377 e. The van der Waals surface area contributed by atoms with E-state index < -0.39 is 39.7 Å². The van der Waals surface area contributed by atoms with Crippen LogP contribution in [0, 0.1) is 35.5 Å². The van der Waals surface area contributed by atoms with Crippen molar-refractivity contribution < 1.29 is 46.7 Å². The first kappa shape index (κ1) is 50.1. The van der Waals surface area contributed by atoms with E-state index in [9.17, 15) is 42.0 Å². The Morgan fingerprint density at radius 2 is 1.61 bits per heavy atom. The minimum absolute atomic E-state index is 0.0428. The molecule has 6 N–H and O–H groups in total. The summed E-state index contributed by atoms with van der Waals surface area (Å²) >= 11 is 1.68. The molecule has 0 aromatic rings. The van der Waals surface area contributed by atoms with Crippen LogP contribution < -0.4 is 31.9 Å². The number of carbonyl (C=O) groups is 7. The highest BCUT2D eigenvalue weighted by Crippen LogP contribution is 2.42. The number of hydrogen-bond acceptors (Lipinski definition) is 15. The van der Waals surface area contributed by atoms with Crippen molar-refractivity contribution >= 4 is 63.1 Å². The van der Waals surface area contributed by atoms with Gasteiger partial charge in [-0.25, -0.2) is 12.7 Å². The van der Waals surface area contributed by atoms with Crippen LogP contribution in [0.15, 0.2) is 0 Å². The van der Waals surface area contributed by atoms with Crippen molar-refractivity contribution in [1.82, 2.24) is 50.9 Å². The van der Waals surface area contributed by atoms with Crippen LogP contribution in [0.2, 0.25) is 0 Å². The standard InChI is InChI=1S/C45H72N10O10S2/c1-52(25-40(58)48-31-12-15-53(16-13-31)18-19-65-32-6-7-33-34(22-32)44(62)55(43(33)61)36-8-9-38(56)50-42(36)60)37-21-28(10-14-46-37)27-4-3-5-29(20-27)35-26-66-45(49-35)51-39(57)23-47-41(59)30-11-17-54(24-30)67(2,63)64/h27-37,45-46,49H,3-26H2,1-2H3,(H,47,59)(H,48,58)(H,51,57)(H,50,56,60). The lowest BCUT2D eigenvalue weighted by Gasteiger charge is -2.42. The zero-order chi connectivity index (χ0) is 47.4. The number of hydrogen-bond donors (Lipinski definition) is 6. The molecule has 22 heteroatoms. The second-order valence-corrected chi connectivity index (χ2v) is 23.6. The topological polar surface area (TPSA) is 248 Å². The molecule has 0 aromatic carbocycles. The molecule has 0 aromatic heterocycles. The summed E-state index contributed by atoms with van der Waals surface area (Å²) < 4.78 is 31.2. The highest BCUT2D eigenvalue weighted by atomic mass is 32.2. The van der Waals surface area contributed by atoms with Crippen LogP contribution in [0.4, 0.5) is 0 Å². The van der Waals surface area contributed by atoms with Gasteiger partial charge in [0.2, 0.25) is 51.4 Å². The molecule has 67 heavy (non-hydrogen) atoms. The molecule has 11 unspecified atom stereocenters. The summed E-state index contributed by atoms with van der Waals surface area (Å²) in [6.45, 7) is 4.53. The minimum Gasteiger partial charge on any atom is -0.377 e. The van der Waals surface area contributed by atoms with Crippen molar-refractivity contribution in [1.29, 1.82) is 0 Å². The lowest BCUT2D eigenvalue weighted by atomic mass is 9.70. The van der Waals surface area contributed by atoms with Crippen molar-refractivity contribution in [3.63, 3.8) is 0 Å². The number of likely N-dealkylation sites (N-methyl/N-ethyl adjacent to an activating group) is 1. The maximum atomic E-state index is 13.3. The first-order valence-electron chi connectivity index (χ1n) is 24.8. The van der Waals surface area contributed by atoms with Crippen LogP contribution >= 0.6 is 11.8 Å². The van der Waals surface area contributed by atoms with E-state index in [1.807, 2.05) is 7.05 Å². The molecule has 8 fully saturated rings. The van der Waals surface area contributed by atoms with Gasteiger partial charge in [-0.15, -0.1) is 11.8 Å². The number of nitrogens with one attached hydrogen (secondary N) is 6. The highest BCUT2D eigenvalue weighted by Gasteiger charge is 2.54. The van der Waals surface area contributed by atoms with Crippen LogP contribution in [0.3, 0.4) is 0 Å². The Labute approximate surface area is 398 Å². The van der Waals surface area contributed by atoms with E-state index in [0.29, 0.717) is 69.2 Å². The Hall–Kier alpha value is -3.25. The van der Waals surface area contributed by atoms with Crippen LogP contribution in [-0.2, 0) is 48.3 Å². The summed E-state index contributed by atoms with van der Waals surface area (Å²) in [7, 11) is -1.31. The Morgan fingerprint density at radius 1 is 0.851 bits per heavy atom. The van der Waals surface area contributed by atoms with Gasteiger partial charge in [0.15, 0.2) is 0 Å². The fourth-order valence-corrected chi connectivity index (χ4v) is 14.3. The van der Waals surface area contributed by atoms with Gasteiger partial charge in [-0.1, -0.05) is 12.8 Å². The predicted octanol–water partition coefficient (Wildman–Crippen LogP) is -0.891. The van der Waals surface area contributed by atoms with E-state index in [1.165, 1.54) is 17.1 Å². The number of amides is 7. The number of nitrogens with zero attached hydrogens (tertiary/aromatic N) is 4. The summed E-state index contributed by atoms with van der Waals surface area (Å²) in [4.78, 5) is 94.8. The predicted molar refractivity (Wildman–Crippen MR) is 248 cm³/mol. The number of fused-ring (bicyclic) bond motifs is 1. The van der Waals surface area contributed by atoms with Gasteiger partial charge in [0.05, 0.1) is 56.0 Å². The van der Waals surface area contributed by atoms with Crippen LogP contribution in [0.1, 0.15) is 89.9 Å². The van der Waals surface area contributed by atoms with Gasteiger partial charge < -0.3 is 30.9 Å². The van der Waals surface area contributed by atoms with Crippen molar-refractivity contribution in [3.05, 3.63) is 0 Å². The molecule has 2 saturated carbocycles. The smallest absolute Gasteiger partial charge is 0.249 e. The maximum Gasteiger partial charge on any atom is 0.249 e. The summed E-state index contributed by atoms with van der Waals surface area (Å²) in [5.74, 6) is -0.868. The van der Waals surface area contributed by atoms with Gasteiger partial charge in [-0.05, 0) is 102 Å². The molecule has 0 spiro atoms. The Morgan fingerprint density at radius 3 is 2.37 bits per heavy atom. The third-order valence-corrected chi connectivity index (χ3v) is 18.4. The molecule has 7 amide bonds. The molecule has 6 aliphatic heterocycles. The Balaban J connectivity index is 0.688. The van der Waals surface area contributed by atoms with Crippen LogP contribution in [0.25, 0.3) is 0 Å². The molecule has 11 atom stereocenters. The van der Waals surface area contributed by atoms with Crippen molar-refractivity contribution in [2.24, 2.45) is 35.5 Å². The van der Waals surface area contributed by atoms with Gasteiger partial charge in [0.25, 0.3) is 0 Å². The summed E-state index contributed by atoms with van der Waals surface area (Å²) in [5.41, 5.74) is -0.222. The molecule has 0 radical (unpaired) electrons. The monoisotopic (exact) mass is 976 g/mol. The van der Waals surface area contributed by atoms with Gasteiger partial charge in [-0.3, -0.25) is 54.0 Å². The normalized spacial score (nSPS) is 34.9.